The van der Waals surface area contributed by atoms with Crippen molar-refractivity contribution in [3.63, 3.8) is 0 Å². The third-order valence-corrected chi connectivity index (χ3v) is 3.70. The maximum absolute atomic E-state index is 13.0. The number of anilines is 1. The third-order valence-electron chi connectivity index (χ3n) is 3.70. The van der Waals surface area contributed by atoms with Crippen molar-refractivity contribution in [3.05, 3.63) is 59.2 Å². The van der Waals surface area contributed by atoms with E-state index in [0.29, 0.717) is 5.75 Å². The first-order valence-corrected chi connectivity index (χ1v) is 7.98. The molecule has 0 saturated heterocycles. The molecule has 0 heterocycles. The van der Waals surface area contributed by atoms with Crippen LogP contribution >= 0.6 is 0 Å². The summed E-state index contributed by atoms with van der Waals surface area (Å²) in [4.78, 5) is 13.0. The Morgan fingerprint density at radius 3 is 2.59 bits per heavy atom. The van der Waals surface area contributed by atoms with Gasteiger partial charge in [-0.3, -0.25) is 4.79 Å². The fourth-order valence-corrected chi connectivity index (χ4v) is 2.21. The lowest BCUT2D eigenvalue weighted by atomic mass is 10.1. The summed E-state index contributed by atoms with van der Waals surface area (Å²) in [5.41, 5.74) is -0.388. The number of likely N-dealkylation sites (N-methyl/N-ethyl adjacent to an activating group) is 1. The van der Waals surface area contributed by atoms with Gasteiger partial charge in [0.2, 0.25) is 0 Å². The normalized spacial score (nSPS) is 10.8. The first kappa shape index (κ1) is 20.1. The Kier molecular flexibility index (Phi) is 6.29. The van der Waals surface area contributed by atoms with E-state index in [1.54, 1.807) is 44.4 Å². The van der Waals surface area contributed by atoms with E-state index in [-0.39, 0.29) is 24.7 Å². The van der Waals surface area contributed by atoms with Crippen LogP contribution in [-0.4, -0.2) is 31.5 Å². The number of amides is 1. The predicted octanol–water partition coefficient (Wildman–Crippen LogP) is 3.66. The number of nitrogens with zero attached hydrogens (tertiary/aromatic N) is 2. The zero-order valence-corrected chi connectivity index (χ0v) is 14.8. The quantitative estimate of drug-likeness (QED) is 0.835. The Bertz CT molecular complexity index is 858. The van der Waals surface area contributed by atoms with Crippen LogP contribution in [0.5, 0.6) is 5.75 Å². The van der Waals surface area contributed by atoms with Gasteiger partial charge in [-0.1, -0.05) is 12.1 Å². The number of ether oxygens (including phenoxy) is 1. The molecule has 2 aromatic carbocycles. The number of benzene rings is 2. The monoisotopic (exact) mass is 377 g/mol. The standard InChI is InChI=1S/C19H18F3N3O2/c1-25(2)18(26)12-27-16-5-3-4-13(8-16)11-24-15-7-6-14(10-23)17(9-15)19(20,21)22/h3-9,24H,11-12H2,1-2H3. The third kappa shape index (κ3) is 5.64. The molecule has 5 nitrogen and oxygen atoms in total. The van der Waals surface area contributed by atoms with Gasteiger partial charge in [-0.15, -0.1) is 0 Å². The molecule has 0 aromatic heterocycles. The SMILES string of the molecule is CN(C)C(=O)COc1cccc(CNc2ccc(C#N)c(C(F)(F)F)c2)c1. The van der Waals surface area contributed by atoms with E-state index in [2.05, 4.69) is 5.32 Å². The molecule has 0 unspecified atom stereocenters. The van der Waals surface area contributed by atoms with E-state index in [9.17, 15) is 18.0 Å². The van der Waals surface area contributed by atoms with Crippen LogP contribution in [0.25, 0.3) is 0 Å². The highest BCUT2D eigenvalue weighted by Gasteiger charge is 2.33. The predicted molar refractivity (Wildman–Crippen MR) is 94.1 cm³/mol. The molecule has 0 bridgehead atoms. The topological polar surface area (TPSA) is 65.4 Å². The molecular formula is C19H18F3N3O2. The van der Waals surface area contributed by atoms with Gasteiger partial charge in [0.25, 0.3) is 5.91 Å². The summed E-state index contributed by atoms with van der Waals surface area (Å²) in [6.07, 6.45) is -4.60. The molecule has 0 aliphatic heterocycles. The van der Waals surface area contributed by atoms with Crippen molar-refractivity contribution in [3.8, 4) is 11.8 Å². The lowest BCUT2D eigenvalue weighted by Gasteiger charge is -2.13. The molecule has 1 N–H and O–H groups in total. The van der Waals surface area contributed by atoms with Crippen LogP contribution in [0.1, 0.15) is 16.7 Å². The molecule has 2 aromatic rings. The fraction of sp³-hybridized carbons (Fsp3) is 0.263. The number of hydrogen-bond acceptors (Lipinski definition) is 4. The molecule has 1 amide bonds. The van der Waals surface area contributed by atoms with Crippen molar-refractivity contribution in [1.82, 2.24) is 4.90 Å². The minimum absolute atomic E-state index is 0.103. The second kappa shape index (κ2) is 8.45. The van der Waals surface area contributed by atoms with Gasteiger partial charge in [-0.25, -0.2) is 0 Å². The lowest BCUT2D eigenvalue weighted by Crippen LogP contribution is -2.27. The van der Waals surface area contributed by atoms with E-state index in [1.165, 1.54) is 11.0 Å². The van der Waals surface area contributed by atoms with Gasteiger partial charge < -0.3 is 15.0 Å². The molecule has 2 rings (SSSR count). The van der Waals surface area contributed by atoms with E-state index in [1.807, 2.05) is 0 Å². The summed E-state index contributed by atoms with van der Waals surface area (Å²) in [7, 11) is 3.25. The van der Waals surface area contributed by atoms with Gasteiger partial charge >= 0.3 is 6.18 Å². The van der Waals surface area contributed by atoms with Crippen LogP contribution in [0.3, 0.4) is 0 Å². The van der Waals surface area contributed by atoms with Crippen molar-refractivity contribution in [2.24, 2.45) is 0 Å². The van der Waals surface area contributed by atoms with Crippen LogP contribution in [0, 0.1) is 11.3 Å². The summed E-state index contributed by atoms with van der Waals surface area (Å²) in [6, 6.07) is 11.9. The maximum atomic E-state index is 13.0. The van der Waals surface area contributed by atoms with Crippen LogP contribution in [0.15, 0.2) is 42.5 Å². The van der Waals surface area contributed by atoms with Gasteiger partial charge in [0.05, 0.1) is 17.2 Å². The molecule has 8 heteroatoms. The molecule has 0 atom stereocenters. The molecular weight excluding hydrogens is 359 g/mol. The number of nitrogens with one attached hydrogen (secondary N) is 1. The number of hydrogen-bond donors (Lipinski definition) is 1. The van der Waals surface area contributed by atoms with Crippen molar-refractivity contribution in [1.29, 1.82) is 5.26 Å². The first-order valence-electron chi connectivity index (χ1n) is 7.98. The minimum atomic E-state index is -4.60. The summed E-state index contributed by atoms with van der Waals surface area (Å²) >= 11 is 0. The number of alkyl halides is 3. The average Bonchev–Trinajstić information content (AvgIpc) is 2.63. The Hall–Kier alpha value is -3.21. The summed E-state index contributed by atoms with van der Waals surface area (Å²) in [5.74, 6) is 0.302. The van der Waals surface area contributed by atoms with Gasteiger partial charge in [0.1, 0.15) is 5.75 Å². The first-order chi connectivity index (χ1) is 12.7. The van der Waals surface area contributed by atoms with Crippen LogP contribution < -0.4 is 10.1 Å². The molecule has 0 saturated carbocycles. The number of rotatable bonds is 6. The van der Waals surface area contributed by atoms with E-state index in [4.69, 9.17) is 10.00 Å². The molecule has 0 fully saturated rings. The van der Waals surface area contributed by atoms with Gasteiger partial charge in [0.15, 0.2) is 6.61 Å². The lowest BCUT2D eigenvalue weighted by molar-refractivity contribution is -0.137. The smallest absolute Gasteiger partial charge is 0.417 e. The van der Waals surface area contributed by atoms with Crippen LogP contribution in [0.2, 0.25) is 0 Å². The largest absolute Gasteiger partial charge is 0.484 e. The second-order valence-electron chi connectivity index (χ2n) is 5.95. The van der Waals surface area contributed by atoms with E-state index in [0.717, 1.165) is 17.7 Å². The summed E-state index contributed by atoms with van der Waals surface area (Å²) in [6.45, 7) is 0.149. The molecule has 0 radical (unpaired) electrons. The molecule has 0 aliphatic rings. The highest BCUT2D eigenvalue weighted by Crippen LogP contribution is 2.33. The summed E-state index contributed by atoms with van der Waals surface area (Å²) < 4.78 is 44.4. The highest BCUT2D eigenvalue weighted by molar-refractivity contribution is 5.77. The summed E-state index contributed by atoms with van der Waals surface area (Å²) in [5, 5.41) is 11.7. The Morgan fingerprint density at radius 1 is 1.22 bits per heavy atom. The van der Waals surface area contributed by atoms with Gasteiger partial charge in [-0.05, 0) is 35.9 Å². The van der Waals surface area contributed by atoms with Crippen molar-refractivity contribution >= 4 is 11.6 Å². The Balaban J connectivity index is 2.06. The molecule has 0 spiro atoms. The molecule has 27 heavy (non-hydrogen) atoms. The van der Waals surface area contributed by atoms with Crippen molar-refractivity contribution in [2.45, 2.75) is 12.7 Å². The zero-order valence-electron chi connectivity index (χ0n) is 14.8. The Morgan fingerprint density at radius 2 is 1.96 bits per heavy atom. The van der Waals surface area contributed by atoms with E-state index >= 15 is 0 Å². The van der Waals surface area contributed by atoms with E-state index < -0.39 is 17.3 Å². The number of nitriles is 1. The average molecular weight is 377 g/mol. The Labute approximate surface area is 155 Å². The fourth-order valence-electron chi connectivity index (χ4n) is 2.21. The molecule has 0 aliphatic carbocycles. The number of halogens is 3. The van der Waals surface area contributed by atoms with Gasteiger partial charge in [0, 0.05) is 26.3 Å². The maximum Gasteiger partial charge on any atom is 0.417 e. The zero-order chi connectivity index (χ0) is 20.0. The second-order valence-corrected chi connectivity index (χ2v) is 5.95. The van der Waals surface area contributed by atoms with Gasteiger partial charge in [-0.2, -0.15) is 18.4 Å². The van der Waals surface area contributed by atoms with Crippen molar-refractivity contribution < 1.29 is 22.7 Å². The van der Waals surface area contributed by atoms with Crippen LogP contribution in [0.4, 0.5) is 18.9 Å². The number of carbonyl (C=O) groups is 1. The minimum Gasteiger partial charge on any atom is -0.484 e. The van der Waals surface area contributed by atoms with Crippen LogP contribution in [-0.2, 0) is 17.5 Å². The highest BCUT2D eigenvalue weighted by atomic mass is 19.4. The number of carbonyl (C=O) groups excluding carboxylic acids is 1. The van der Waals surface area contributed by atoms with Crippen molar-refractivity contribution in [2.75, 3.05) is 26.0 Å². The molecule has 142 valence electrons.